The summed E-state index contributed by atoms with van der Waals surface area (Å²) in [4.78, 5) is 6.25. The van der Waals surface area contributed by atoms with E-state index in [2.05, 4.69) is 4.98 Å². The molecule has 0 aliphatic carbocycles. The van der Waals surface area contributed by atoms with Gasteiger partial charge < -0.3 is 9.32 Å². The molecular weight excluding hydrogens is 453 g/mol. The summed E-state index contributed by atoms with van der Waals surface area (Å²) < 4.78 is 71.4. The second-order valence-corrected chi connectivity index (χ2v) is 9.56. The summed E-state index contributed by atoms with van der Waals surface area (Å²) in [5, 5.41) is 11.2. The Kier molecular flexibility index (Phi) is 5.50. The van der Waals surface area contributed by atoms with Gasteiger partial charge in [-0.15, -0.1) is 11.3 Å². The van der Waals surface area contributed by atoms with Gasteiger partial charge in [0.15, 0.2) is 0 Å². The van der Waals surface area contributed by atoms with E-state index in [4.69, 9.17) is 4.42 Å². The van der Waals surface area contributed by atoms with Crippen LogP contribution in [-0.2, 0) is 16.2 Å². The molecule has 0 radical (unpaired) electrons. The number of piperazine rings is 1. The number of oxazole rings is 1. The average molecular weight is 468 g/mol. The summed E-state index contributed by atoms with van der Waals surface area (Å²) in [6.07, 6.45) is -4.63. The van der Waals surface area contributed by atoms with Gasteiger partial charge in [-0.2, -0.15) is 27.7 Å². The van der Waals surface area contributed by atoms with Crippen LogP contribution in [0.4, 0.5) is 19.1 Å². The number of anilines is 1. The molecule has 31 heavy (non-hydrogen) atoms. The molecule has 0 spiro atoms. The number of sulfonamides is 1. The van der Waals surface area contributed by atoms with Crippen molar-refractivity contribution in [3.8, 4) is 16.8 Å². The molecule has 12 heteroatoms. The topological polar surface area (TPSA) is 90.4 Å². The zero-order valence-corrected chi connectivity index (χ0v) is 17.5. The Morgan fingerprint density at radius 1 is 1.13 bits per heavy atom. The van der Waals surface area contributed by atoms with Crippen LogP contribution in [0.2, 0.25) is 0 Å². The lowest BCUT2D eigenvalue weighted by molar-refractivity contribution is -0.137. The molecule has 0 atom stereocenters. The number of thiophene rings is 1. The van der Waals surface area contributed by atoms with Crippen LogP contribution in [-0.4, -0.2) is 43.9 Å². The first kappa shape index (κ1) is 21.4. The third kappa shape index (κ3) is 4.16. The molecule has 0 amide bonds. The van der Waals surface area contributed by atoms with Crippen LogP contribution in [0.25, 0.3) is 10.8 Å². The lowest BCUT2D eigenvalue weighted by atomic mass is 10.2. The van der Waals surface area contributed by atoms with Gasteiger partial charge in [-0.1, -0.05) is 12.1 Å². The summed E-state index contributed by atoms with van der Waals surface area (Å²) in [5.41, 5.74) is -0.925. The first-order valence-corrected chi connectivity index (χ1v) is 11.4. The van der Waals surface area contributed by atoms with E-state index in [0.717, 1.165) is 27.4 Å². The Morgan fingerprint density at radius 2 is 1.87 bits per heavy atom. The molecule has 2 aromatic heterocycles. The molecule has 162 valence electrons. The molecule has 1 aliphatic rings. The van der Waals surface area contributed by atoms with E-state index < -0.39 is 26.7 Å². The number of aromatic nitrogens is 1. The Balaban J connectivity index is 1.52. The second kappa shape index (κ2) is 7.99. The van der Waals surface area contributed by atoms with Crippen molar-refractivity contribution in [2.24, 2.45) is 0 Å². The van der Waals surface area contributed by atoms with E-state index in [1.165, 1.54) is 11.3 Å². The standard InChI is InChI=1S/C19H15F3N4O3S2/c20-19(21,22)13-3-1-4-14(11-13)31(27,28)26-8-6-25(7-9-26)18-15(12-23)24-17(29-18)16-5-2-10-30-16/h1-5,10-11H,6-9H2. The number of hydrogen-bond acceptors (Lipinski definition) is 7. The molecule has 1 fully saturated rings. The highest BCUT2D eigenvalue weighted by Gasteiger charge is 2.34. The Labute approximate surface area is 180 Å². The average Bonchev–Trinajstić information content (AvgIpc) is 3.43. The van der Waals surface area contributed by atoms with Crippen LogP contribution in [0, 0.1) is 11.3 Å². The molecule has 1 saturated heterocycles. The fourth-order valence-electron chi connectivity index (χ4n) is 3.22. The van der Waals surface area contributed by atoms with Crippen molar-refractivity contribution in [2.75, 3.05) is 31.1 Å². The molecule has 1 aromatic carbocycles. The maximum atomic E-state index is 13.0. The number of benzene rings is 1. The monoisotopic (exact) mass is 468 g/mol. The van der Waals surface area contributed by atoms with Gasteiger partial charge in [0, 0.05) is 26.2 Å². The third-order valence-electron chi connectivity index (χ3n) is 4.77. The van der Waals surface area contributed by atoms with E-state index in [9.17, 15) is 26.9 Å². The van der Waals surface area contributed by atoms with Gasteiger partial charge in [-0.05, 0) is 29.6 Å². The van der Waals surface area contributed by atoms with E-state index in [0.29, 0.717) is 12.0 Å². The molecule has 1 aliphatic heterocycles. The van der Waals surface area contributed by atoms with E-state index >= 15 is 0 Å². The smallest absolute Gasteiger partial charge is 0.416 e. The van der Waals surface area contributed by atoms with Crippen molar-refractivity contribution in [2.45, 2.75) is 11.1 Å². The summed E-state index contributed by atoms with van der Waals surface area (Å²) in [6, 6.07) is 9.31. The van der Waals surface area contributed by atoms with Gasteiger partial charge in [0.05, 0.1) is 15.3 Å². The zero-order chi connectivity index (χ0) is 22.2. The van der Waals surface area contributed by atoms with E-state index in [-0.39, 0.29) is 37.8 Å². The van der Waals surface area contributed by atoms with Crippen molar-refractivity contribution < 1.29 is 26.0 Å². The molecule has 7 nitrogen and oxygen atoms in total. The summed E-state index contributed by atoms with van der Waals surface area (Å²) in [5.74, 6) is 0.558. The number of hydrogen-bond donors (Lipinski definition) is 0. The predicted molar refractivity (Wildman–Crippen MR) is 107 cm³/mol. The first-order chi connectivity index (χ1) is 14.7. The Morgan fingerprint density at radius 3 is 2.48 bits per heavy atom. The van der Waals surface area contributed by atoms with Crippen LogP contribution >= 0.6 is 11.3 Å². The molecule has 0 bridgehead atoms. The number of rotatable bonds is 4. The van der Waals surface area contributed by atoms with Gasteiger partial charge in [-0.3, -0.25) is 0 Å². The number of halogens is 3. The Bertz CT molecular complexity index is 1220. The van der Waals surface area contributed by atoms with Crippen molar-refractivity contribution in [3.63, 3.8) is 0 Å². The third-order valence-corrected chi connectivity index (χ3v) is 7.52. The van der Waals surface area contributed by atoms with Crippen LogP contribution in [0.3, 0.4) is 0 Å². The van der Waals surface area contributed by atoms with Gasteiger partial charge in [0.1, 0.15) is 6.07 Å². The number of alkyl halides is 3. The lowest BCUT2D eigenvalue weighted by Crippen LogP contribution is -2.48. The molecule has 3 heterocycles. The maximum Gasteiger partial charge on any atom is 0.416 e. The van der Waals surface area contributed by atoms with Gasteiger partial charge in [0.25, 0.3) is 0 Å². The Hall–Kier alpha value is -2.88. The summed E-state index contributed by atoms with van der Waals surface area (Å²) in [7, 11) is -4.10. The minimum Gasteiger partial charge on any atom is -0.418 e. The quantitative estimate of drug-likeness (QED) is 0.579. The highest BCUT2D eigenvalue weighted by molar-refractivity contribution is 7.89. The molecule has 0 saturated carbocycles. The normalized spacial score (nSPS) is 15.7. The minimum absolute atomic E-state index is 0.0263. The summed E-state index contributed by atoms with van der Waals surface area (Å²) >= 11 is 1.41. The van der Waals surface area contributed by atoms with Crippen molar-refractivity contribution >= 4 is 27.2 Å². The maximum absolute atomic E-state index is 13.0. The minimum atomic E-state index is -4.63. The summed E-state index contributed by atoms with van der Waals surface area (Å²) in [6.45, 7) is 0.453. The van der Waals surface area contributed by atoms with E-state index in [1.54, 1.807) is 11.0 Å². The van der Waals surface area contributed by atoms with Crippen LogP contribution in [0.15, 0.2) is 51.1 Å². The van der Waals surface area contributed by atoms with Crippen molar-refractivity contribution in [1.82, 2.24) is 9.29 Å². The molecule has 4 rings (SSSR count). The predicted octanol–water partition coefficient (Wildman–Crippen LogP) is 3.80. The molecule has 0 N–H and O–H groups in total. The highest BCUT2D eigenvalue weighted by Crippen LogP contribution is 2.33. The fourth-order valence-corrected chi connectivity index (χ4v) is 5.34. The number of nitrogens with zero attached hydrogens (tertiary/aromatic N) is 4. The van der Waals surface area contributed by atoms with Crippen LogP contribution in [0.5, 0.6) is 0 Å². The largest absolute Gasteiger partial charge is 0.418 e. The molecular formula is C19H15F3N4O3S2. The molecule has 3 aromatic rings. The van der Waals surface area contributed by atoms with Crippen LogP contribution < -0.4 is 4.90 Å². The van der Waals surface area contributed by atoms with Crippen LogP contribution in [0.1, 0.15) is 11.3 Å². The van der Waals surface area contributed by atoms with Gasteiger partial charge in [0.2, 0.25) is 27.5 Å². The fraction of sp³-hybridized carbons (Fsp3) is 0.263. The van der Waals surface area contributed by atoms with Gasteiger partial charge >= 0.3 is 6.18 Å². The first-order valence-electron chi connectivity index (χ1n) is 9.07. The van der Waals surface area contributed by atoms with Crippen molar-refractivity contribution in [1.29, 1.82) is 5.26 Å². The number of nitriles is 1. The zero-order valence-electron chi connectivity index (χ0n) is 15.8. The highest BCUT2D eigenvalue weighted by atomic mass is 32.2. The van der Waals surface area contributed by atoms with Gasteiger partial charge in [-0.25, -0.2) is 8.42 Å². The molecule has 0 unspecified atom stereocenters. The SMILES string of the molecule is N#Cc1nc(-c2cccs2)oc1N1CCN(S(=O)(=O)c2cccc(C(F)(F)F)c2)CC1. The van der Waals surface area contributed by atoms with E-state index in [1.807, 2.05) is 17.5 Å². The lowest BCUT2D eigenvalue weighted by Gasteiger charge is -2.33. The second-order valence-electron chi connectivity index (χ2n) is 6.68. The van der Waals surface area contributed by atoms with Crippen molar-refractivity contribution in [3.05, 3.63) is 53.0 Å².